The first-order chi connectivity index (χ1) is 9.05. The number of hydrogen-bond donors (Lipinski definition) is 1. The number of rotatable bonds is 2. The van der Waals surface area contributed by atoms with E-state index in [2.05, 4.69) is 23.6 Å². The molecule has 3 saturated heterocycles. The lowest BCUT2D eigenvalue weighted by Crippen LogP contribution is -2.65. The lowest BCUT2D eigenvalue weighted by molar-refractivity contribution is -0.127. The Hall–Kier alpha value is -0.160. The summed E-state index contributed by atoms with van der Waals surface area (Å²) in [6, 6.07) is 0.781. The first kappa shape index (κ1) is 13.8. The van der Waals surface area contributed by atoms with Crippen molar-refractivity contribution in [1.29, 1.82) is 0 Å². The Balaban J connectivity index is 1.74. The number of hydrogen-bond acceptors (Lipinski definition) is 4. The zero-order chi connectivity index (χ0) is 13.5. The van der Waals surface area contributed by atoms with Crippen LogP contribution in [0.4, 0.5) is 0 Å². The van der Waals surface area contributed by atoms with Crippen molar-refractivity contribution < 1.29 is 4.74 Å². The van der Waals surface area contributed by atoms with Crippen LogP contribution in [0.1, 0.15) is 39.5 Å². The van der Waals surface area contributed by atoms with Gasteiger partial charge in [-0.05, 0) is 46.1 Å². The van der Waals surface area contributed by atoms with Crippen LogP contribution in [-0.2, 0) is 4.74 Å². The molecule has 4 nitrogen and oxygen atoms in total. The third-order valence-corrected chi connectivity index (χ3v) is 5.45. The molecule has 2 N–H and O–H groups in total. The predicted molar refractivity (Wildman–Crippen MR) is 77.2 cm³/mol. The fourth-order valence-electron chi connectivity index (χ4n) is 4.44. The zero-order valence-corrected chi connectivity index (χ0v) is 12.5. The van der Waals surface area contributed by atoms with Crippen molar-refractivity contribution >= 4 is 0 Å². The Kier molecular flexibility index (Phi) is 3.63. The van der Waals surface area contributed by atoms with E-state index in [1.807, 2.05) is 0 Å². The Labute approximate surface area is 117 Å². The molecule has 3 rings (SSSR count). The molecular weight excluding hydrogens is 238 g/mol. The van der Waals surface area contributed by atoms with Crippen LogP contribution in [0.2, 0.25) is 0 Å². The molecule has 19 heavy (non-hydrogen) atoms. The molecule has 3 aliphatic heterocycles. The number of fused-ring (bicyclic) bond motifs is 1. The molecule has 0 amide bonds. The quantitative estimate of drug-likeness (QED) is 0.812. The topological polar surface area (TPSA) is 41.7 Å². The van der Waals surface area contributed by atoms with Gasteiger partial charge in [0, 0.05) is 44.4 Å². The van der Waals surface area contributed by atoms with Crippen molar-refractivity contribution in [2.24, 2.45) is 5.73 Å². The predicted octanol–water partition coefficient (Wildman–Crippen LogP) is 1.05. The van der Waals surface area contributed by atoms with Crippen molar-refractivity contribution in [3.05, 3.63) is 0 Å². The van der Waals surface area contributed by atoms with Crippen molar-refractivity contribution in [2.45, 2.75) is 56.7 Å². The molecule has 3 heterocycles. The molecule has 0 aromatic rings. The van der Waals surface area contributed by atoms with Crippen LogP contribution in [0.5, 0.6) is 0 Å². The van der Waals surface area contributed by atoms with Gasteiger partial charge in [0.2, 0.25) is 0 Å². The second-order valence-electron chi connectivity index (χ2n) is 7.24. The molecule has 110 valence electrons. The molecule has 0 bridgehead atoms. The second-order valence-corrected chi connectivity index (χ2v) is 7.24. The maximum Gasteiger partial charge on any atom is 0.0644 e. The highest BCUT2D eigenvalue weighted by Gasteiger charge is 2.46. The van der Waals surface area contributed by atoms with Crippen molar-refractivity contribution in [3.63, 3.8) is 0 Å². The van der Waals surface area contributed by atoms with Gasteiger partial charge in [-0.25, -0.2) is 0 Å². The fourth-order valence-corrected chi connectivity index (χ4v) is 4.44. The molecule has 0 spiro atoms. The highest BCUT2D eigenvalue weighted by atomic mass is 16.5. The highest BCUT2D eigenvalue weighted by Crippen LogP contribution is 2.37. The summed E-state index contributed by atoms with van der Waals surface area (Å²) in [6.07, 6.45) is 4.92. The van der Waals surface area contributed by atoms with Gasteiger partial charge in [0.1, 0.15) is 0 Å². The normalized spacial score (nSPS) is 40.3. The van der Waals surface area contributed by atoms with Gasteiger partial charge in [0.25, 0.3) is 0 Å². The van der Waals surface area contributed by atoms with Crippen molar-refractivity contribution in [3.8, 4) is 0 Å². The van der Waals surface area contributed by atoms with Crippen molar-refractivity contribution in [2.75, 3.05) is 39.3 Å². The minimum absolute atomic E-state index is 0.0234. The Bertz CT molecular complexity index is 333. The Morgan fingerprint density at radius 1 is 1.26 bits per heavy atom. The molecule has 2 atom stereocenters. The smallest absolute Gasteiger partial charge is 0.0644 e. The van der Waals surface area contributed by atoms with Crippen LogP contribution in [0.25, 0.3) is 0 Å². The molecule has 4 heteroatoms. The van der Waals surface area contributed by atoms with E-state index in [1.165, 1.54) is 39.0 Å². The standard InChI is InChI=1S/C15H29N3O/c1-14(2)11-15(12-16,5-9-19-14)18-8-7-17-6-3-4-13(17)10-18/h13H,3-12,16H2,1-2H3. The summed E-state index contributed by atoms with van der Waals surface area (Å²) in [5.74, 6) is 0. The van der Waals surface area contributed by atoms with E-state index < -0.39 is 0 Å². The van der Waals surface area contributed by atoms with E-state index in [0.717, 1.165) is 32.0 Å². The molecule has 3 aliphatic rings. The third kappa shape index (κ3) is 2.56. The first-order valence-corrected chi connectivity index (χ1v) is 7.88. The van der Waals surface area contributed by atoms with Crippen LogP contribution in [0.3, 0.4) is 0 Å². The lowest BCUT2D eigenvalue weighted by atomic mass is 9.79. The summed E-state index contributed by atoms with van der Waals surface area (Å²) in [5.41, 5.74) is 6.37. The molecule has 2 unspecified atom stereocenters. The Morgan fingerprint density at radius 2 is 2.11 bits per heavy atom. The molecule has 0 radical (unpaired) electrons. The minimum atomic E-state index is -0.0234. The number of nitrogens with two attached hydrogens (primary N) is 1. The fraction of sp³-hybridized carbons (Fsp3) is 1.00. The largest absolute Gasteiger partial charge is 0.375 e. The van der Waals surface area contributed by atoms with Crippen LogP contribution in [-0.4, -0.2) is 66.3 Å². The highest BCUT2D eigenvalue weighted by molar-refractivity contribution is 5.02. The maximum atomic E-state index is 6.22. The van der Waals surface area contributed by atoms with Gasteiger partial charge in [-0.2, -0.15) is 0 Å². The molecule has 0 aliphatic carbocycles. The van der Waals surface area contributed by atoms with Crippen LogP contribution >= 0.6 is 0 Å². The van der Waals surface area contributed by atoms with E-state index in [1.54, 1.807) is 0 Å². The summed E-state index contributed by atoms with van der Waals surface area (Å²) in [6.45, 7) is 11.0. The van der Waals surface area contributed by atoms with Gasteiger partial charge in [0.15, 0.2) is 0 Å². The summed E-state index contributed by atoms with van der Waals surface area (Å²) in [5, 5.41) is 0. The van der Waals surface area contributed by atoms with Gasteiger partial charge in [-0.3, -0.25) is 9.80 Å². The summed E-state index contributed by atoms with van der Waals surface area (Å²) >= 11 is 0. The summed E-state index contributed by atoms with van der Waals surface area (Å²) < 4.78 is 5.91. The lowest BCUT2D eigenvalue weighted by Gasteiger charge is -2.53. The number of piperazine rings is 1. The van der Waals surface area contributed by atoms with Gasteiger partial charge < -0.3 is 10.5 Å². The van der Waals surface area contributed by atoms with E-state index in [4.69, 9.17) is 10.5 Å². The second kappa shape index (κ2) is 4.99. The van der Waals surface area contributed by atoms with Gasteiger partial charge >= 0.3 is 0 Å². The maximum absolute atomic E-state index is 6.22. The van der Waals surface area contributed by atoms with Gasteiger partial charge in [0.05, 0.1) is 5.60 Å². The Morgan fingerprint density at radius 3 is 2.84 bits per heavy atom. The van der Waals surface area contributed by atoms with E-state index in [-0.39, 0.29) is 11.1 Å². The molecule has 0 aromatic heterocycles. The van der Waals surface area contributed by atoms with E-state index >= 15 is 0 Å². The van der Waals surface area contributed by atoms with Crippen LogP contribution in [0, 0.1) is 0 Å². The van der Waals surface area contributed by atoms with Gasteiger partial charge in [-0.15, -0.1) is 0 Å². The molecule has 0 aromatic carbocycles. The monoisotopic (exact) mass is 267 g/mol. The van der Waals surface area contributed by atoms with Crippen LogP contribution < -0.4 is 5.73 Å². The third-order valence-electron chi connectivity index (χ3n) is 5.45. The summed E-state index contributed by atoms with van der Waals surface area (Å²) in [4.78, 5) is 5.37. The van der Waals surface area contributed by atoms with E-state index in [0.29, 0.717) is 0 Å². The zero-order valence-electron chi connectivity index (χ0n) is 12.5. The summed E-state index contributed by atoms with van der Waals surface area (Å²) in [7, 11) is 0. The van der Waals surface area contributed by atoms with E-state index in [9.17, 15) is 0 Å². The van der Waals surface area contributed by atoms with Gasteiger partial charge in [-0.1, -0.05) is 0 Å². The average molecular weight is 267 g/mol. The van der Waals surface area contributed by atoms with Crippen molar-refractivity contribution in [1.82, 2.24) is 9.80 Å². The first-order valence-electron chi connectivity index (χ1n) is 7.88. The minimum Gasteiger partial charge on any atom is -0.375 e. The molecule has 3 fully saturated rings. The van der Waals surface area contributed by atoms with Crippen LogP contribution in [0.15, 0.2) is 0 Å². The SMILES string of the molecule is CC1(C)CC(CN)(N2CCN3CCCC3C2)CCO1. The molecule has 0 saturated carbocycles. The molecular formula is C15H29N3O. The number of nitrogens with zero attached hydrogens (tertiary/aromatic N) is 2. The average Bonchev–Trinajstić information content (AvgIpc) is 2.84. The number of ether oxygens (including phenoxy) is 1.